The second-order valence-electron chi connectivity index (χ2n) is 6.65. The number of thioether (sulfide) groups is 1. The molecule has 150 valence electrons. The number of esters is 1. The Hall–Kier alpha value is -3.06. The van der Waals surface area contributed by atoms with Crippen molar-refractivity contribution in [3.8, 4) is 5.69 Å². The van der Waals surface area contributed by atoms with Gasteiger partial charge >= 0.3 is 5.97 Å². The van der Waals surface area contributed by atoms with Gasteiger partial charge < -0.3 is 10.1 Å². The zero-order valence-electron chi connectivity index (χ0n) is 16.6. The molecule has 2 aromatic carbocycles. The molecule has 1 atom stereocenters. The summed E-state index contributed by atoms with van der Waals surface area (Å²) >= 11 is 1.31. The summed E-state index contributed by atoms with van der Waals surface area (Å²) in [6.07, 6.45) is 3.58. The van der Waals surface area contributed by atoms with Crippen molar-refractivity contribution in [2.24, 2.45) is 0 Å². The number of ether oxygens (including phenoxy) is 1. The molecule has 0 aliphatic rings. The molecule has 0 saturated carbocycles. The molecule has 0 aliphatic carbocycles. The fourth-order valence-corrected chi connectivity index (χ4v) is 3.84. The van der Waals surface area contributed by atoms with Crippen molar-refractivity contribution in [2.45, 2.75) is 25.0 Å². The van der Waals surface area contributed by atoms with Crippen molar-refractivity contribution < 1.29 is 14.3 Å². The molecule has 3 rings (SSSR count). The van der Waals surface area contributed by atoms with Gasteiger partial charge in [-0.1, -0.05) is 48.2 Å². The molecule has 0 saturated heterocycles. The van der Waals surface area contributed by atoms with Gasteiger partial charge in [0.15, 0.2) is 11.2 Å². The van der Waals surface area contributed by atoms with Crippen molar-refractivity contribution in [3.05, 3.63) is 77.6 Å². The topological polar surface area (TPSA) is 73.2 Å². The molecule has 0 bridgehead atoms. The van der Waals surface area contributed by atoms with Crippen molar-refractivity contribution in [2.75, 3.05) is 12.9 Å². The summed E-state index contributed by atoms with van der Waals surface area (Å²) in [4.78, 5) is 29.0. The van der Waals surface area contributed by atoms with Gasteiger partial charge in [-0.15, -0.1) is 0 Å². The lowest BCUT2D eigenvalue weighted by Crippen LogP contribution is -2.35. The summed E-state index contributed by atoms with van der Waals surface area (Å²) in [6.45, 7) is 4.09. The zero-order valence-corrected chi connectivity index (χ0v) is 17.4. The Morgan fingerprint density at radius 3 is 2.48 bits per heavy atom. The molecule has 1 amide bonds. The average molecular weight is 410 g/mol. The maximum Gasteiger partial charge on any atom is 0.333 e. The highest BCUT2D eigenvalue weighted by atomic mass is 32.2. The minimum absolute atomic E-state index is 0.127. The molecule has 7 heteroatoms. The number of benzene rings is 2. The van der Waals surface area contributed by atoms with Crippen LogP contribution in [-0.4, -0.2) is 34.3 Å². The van der Waals surface area contributed by atoms with E-state index in [1.165, 1.54) is 18.9 Å². The lowest BCUT2D eigenvalue weighted by atomic mass is 10.1. The maximum absolute atomic E-state index is 12.5. The highest BCUT2D eigenvalue weighted by Gasteiger charge is 2.23. The number of carbonyl (C=O) groups excluding carboxylic acids is 2. The Bertz CT molecular complexity index is 981. The van der Waals surface area contributed by atoms with E-state index in [1.807, 2.05) is 42.8 Å². The average Bonchev–Trinajstić information content (AvgIpc) is 3.18. The molecular weight excluding hydrogens is 386 g/mol. The van der Waals surface area contributed by atoms with E-state index in [9.17, 15) is 9.59 Å². The first-order chi connectivity index (χ1) is 14.0. The normalized spacial score (nSPS) is 11.7. The number of carbonyl (C=O) groups is 2. The summed E-state index contributed by atoms with van der Waals surface area (Å²) in [5.41, 5.74) is 3.99. The van der Waals surface area contributed by atoms with Crippen LogP contribution in [0.3, 0.4) is 0 Å². The van der Waals surface area contributed by atoms with Crippen LogP contribution in [-0.2, 0) is 14.3 Å². The Morgan fingerprint density at radius 2 is 1.83 bits per heavy atom. The number of methoxy groups -OCH3 is 1. The van der Waals surface area contributed by atoms with Gasteiger partial charge in [0, 0.05) is 18.1 Å². The lowest BCUT2D eigenvalue weighted by molar-refractivity contribution is -0.145. The van der Waals surface area contributed by atoms with Crippen LogP contribution in [0.15, 0.2) is 66.1 Å². The fourth-order valence-electron chi connectivity index (χ4n) is 3.06. The van der Waals surface area contributed by atoms with Crippen molar-refractivity contribution in [1.29, 1.82) is 0 Å². The van der Waals surface area contributed by atoms with Gasteiger partial charge in [-0.2, -0.15) is 0 Å². The molecule has 1 aromatic heterocycles. The maximum atomic E-state index is 12.5. The number of imidazole rings is 1. The molecular formula is C22H23N3O3S. The first-order valence-electron chi connectivity index (χ1n) is 9.15. The first kappa shape index (κ1) is 20.7. The minimum Gasteiger partial charge on any atom is -0.467 e. The summed E-state index contributed by atoms with van der Waals surface area (Å²) in [5, 5.41) is 3.46. The molecule has 1 unspecified atom stereocenters. The first-order valence-corrected chi connectivity index (χ1v) is 10.1. The summed E-state index contributed by atoms with van der Waals surface area (Å²) < 4.78 is 6.79. The van der Waals surface area contributed by atoms with Gasteiger partial charge in [0.05, 0.1) is 12.9 Å². The van der Waals surface area contributed by atoms with Crippen molar-refractivity contribution >= 4 is 23.6 Å². The largest absolute Gasteiger partial charge is 0.467 e. The highest BCUT2D eigenvalue weighted by Crippen LogP contribution is 2.22. The van der Waals surface area contributed by atoms with Gasteiger partial charge in [-0.05, 0) is 42.7 Å². The molecule has 29 heavy (non-hydrogen) atoms. The Morgan fingerprint density at radius 1 is 1.14 bits per heavy atom. The van der Waals surface area contributed by atoms with Gasteiger partial charge in [-0.25, -0.2) is 9.78 Å². The van der Waals surface area contributed by atoms with Crippen molar-refractivity contribution in [3.63, 3.8) is 0 Å². The summed E-state index contributed by atoms with van der Waals surface area (Å²) in [5.74, 6) is -0.655. The fraction of sp³-hybridized carbons (Fsp3) is 0.227. The van der Waals surface area contributed by atoms with E-state index in [-0.39, 0.29) is 11.7 Å². The van der Waals surface area contributed by atoms with Gasteiger partial charge in [0.2, 0.25) is 5.91 Å². The van der Waals surface area contributed by atoms with E-state index in [1.54, 1.807) is 18.3 Å². The molecule has 3 aromatic rings. The Balaban J connectivity index is 1.69. The Labute approximate surface area is 174 Å². The van der Waals surface area contributed by atoms with E-state index >= 15 is 0 Å². The molecule has 1 heterocycles. The van der Waals surface area contributed by atoms with Crippen LogP contribution >= 0.6 is 11.8 Å². The third-order valence-electron chi connectivity index (χ3n) is 4.30. The van der Waals surface area contributed by atoms with Crippen LogP contribution in [0.2, 0.25) is 0 Å². The van der Waals surface area contributed by atoms with E-state index in [0.29, 0.717) is 10.7 Å². The van der Waals surface area contributed by atoms with Crippen LogP contribution in [0.25, 0.3) is 5.69 Å². The molecule has 0 fully saturated rings. The van der Waals surface area contributed by atoms with E-state index in [0.717, 1.165) is 16.8 Å². The second kappa shape index (κ2) is 9.43. The molecule has 6 nitrogen and oxygen atoms in total. The number of nitrogens with one attached hydrogen (secondary N) is 1. The zero-order chi connectivity index (χ0) is 20.8. The molecule has 0 aliphatic heterocycles. The third-order valence-corrected chi connectivity index (χ3v) is 5.27. The van der Waals surface area contributed by atoms with E-state index < -0.39 is 12.0 Å². The van der Waals surface area contributed by atoms with Gasteiger partial charge in [0.1, 0.15) is 0 Å². The number of aryl methyl sites for hydroxylation is 2. The Kier molecular flexibility index (Phi) is 6.72. The number of amides is 1. The predicted molar refractivity (Wildman–Crippen MR) is 113 cm³/mol. The van der Waals surface area contributed by atoms with E-state index in [2.05, 4.69) is 28.5 Å². The SMILES string of the molecule is COC(=O)C(NC(=O)CSc1nccn1-c1cc(C)cc(C)c1)c1ccccc1. The quantitative estimate of drug-likeness (QED) is 0.477. The standard InChI is InChI=1S/C22H23N3O3S/c1-15-11-16(2)13-18(12-15)25-10-9-23-22(25)29-14-19(26)24-20(21(27)28-3)17-7-5-4-6-8-17/h4-13,20H,14H2,1-3H3,(H,24,26). The van der Waals surface area contributed by atoms with Crippen LogP contribution in [0.4, 0.5) is 0 Å². The summed E-state index contributed by atoms with van der Waals surface area (Å²) in [6, 6.07) is 14.4. The molecule has 1 N–H and O–H groups in total. The van der Waals surface area contributed by atoms with Crippen LogP contribution in [0, 0.1) is 13.8 Å². The number of rotatable bonds is 7. The highest BCUT2D eigenvalue weighted by molar-refractivity contribution is 7.99. The second-order valence-corrected chi connectivity index (χ2v) is 7.59. The van der Waals surface area contributed by atoms with E-state index in [4.69, 9.17) is 4.74 Å². The van der Waals surface area contributed by atoms with Crippen LogP contribution in [0.5, 0.6) is 0 Å². The minimum atomic E-state index is -0.839. The number of hydrogen-bond acceptors (Lipinski definition) is 5. The van der Waals surface area contributed by atoms with Gasteiger partial charge in [-0.3, -0.25) is 9.36 Å². The smallest absolute Gasteiger partial charge is 0.333 e. The number of hydrogen-bond donors (Lipinski definition) is 1. The number of nitrogens with zero attached hydrogens (tertiary/aromatic N) is 2. The molecule has 0 spiro atoms. The predicted octanol–water partition coefficient (Wildman–Crippen LogP) is 3.61. The van der Waals surface area contributed by atoms with Gasteiger partial charge in [0.25, 0.3) is 0 Å². The monoisotopic (exact) mass is 409 g/mol. The molecule has 0 radical (unpaired) electrons. The third kappa shape index (κ3) is 5.26. The number of aromatic nitrogens is 2. The van der Waals surface area contributed by atoms with Crippen molar-refractivity contribution in [1.82, 2.24) is 14.9 Å². The van der Waals surface area contributed by atoms with Crippen LogP contribution in [0.1, 0.15) is 22.7 Å². The summed E-state index contributed by atoms with van der Waals surface area (Å²) in [7, 11) is 1.31. The van der Waals surface area contributed by atoms with Crippen LogP contribution < -0.4 is 5.32 Å². The lowest BCUT2D eigenvalue weighted by Gasteiger charge is -2.17.